The Hall–Kier alpha value is -5.25. The molecule has 10 heteroatoms. The number of nitrogens with two attached hydrogens (primary N) is 1. The second-order valence-corrected chi connectivity index (χ2v) is 10.3. The van der Waals surface area contributed by atoms with E-state index in [1.807, 2.05) is 69.3 Å². The highest BCUT2D eigenvalue weighted by atomic mass is 16.6. The third-order valence-corrected chi connectivity index (χ3v) is 6.32. The van der Waals surface area contributed by atoms with E-state index in [4.69, 9.17) is 15.2 Å². The van der Waals surface area contributed by atoms with E-state index >= 15 is 0 Å². The number of rotatable bonds is 5. The number of ether oxygens (including phenoxy) is 2. The number of hydrogen-bond donors (Lipinski definition) is 2. The van der Waals surface area contributed by atoms with Gasteiger partial charge in [-0.15, -0.1) is 0 Å². The van der Waals surface area contributed by atoms with E-state index in [1.54, 1.807) is 30.9 Å². The summed E-state index contributed by atoms with van der Waals surface area (Å²) in [5.41, 5.74) is 10.7. The van der Waals surface area contributed by atoms with Crippen molar-refractivity contribution in [3.63, 3.8) is 0 Å². The molecule has 1 aromatic carbocycles. The number of H-pyrrole nitrogens is 1. The van der Waals surface area contributed by atoms with Crippen LogP contribution in [0.5, 0.6) is 5.88 Å². The molecule has 6 aromatic rings. The summed E-state index contributed by atoms with van der Waals surface area (Å²) < 4.78 is 13.2. The van der Waals surface area contributed by atoms with Crippen molar-refractivity contribution in [3.05, 3.63) is 84.9 Å². The van der Waals surface area contributed by atoms with Gasteiger partial charge in [-0.05, 0) is 68.3 Å². The first kappa shape index (κ1) is 25.1. The third kappa shape index (κ3) is 4.82. The zero-order chi connectivity index (χ0) is 27.9. The number of hydrogen-bond acceptors (Lipinski definition) is 8. The van der Waals surface area contributed by atoms with Gasteiger partial charge < -0.3 is 15.2 Å². The van der Waals surface area contributed by atoms with Crippen molar-refractivity contribution < 1.29 is 14.3 Å². The molecule has 3 N–H and O–H groups in total. The molecule has 40 heavy (non-hydrogen) atoms. The number of aromatic amines is 1. The van der Waals surface area contributed by atoms with Crippen LogP contribution in [0.2, 0.25) is 0 Å². The molecule has 0 radical (unpaired) electrons. The molecule has 0 spiro atoms. The van der Waals surface area contributed by atoms with Gasteiger partial charge in [0.1, 0.15) is 12.2 Å². The van der Waals surface area contributed by atoms with Gasteiger partial charge in [0.25, 0.3) is 0 Å². The van der Waals surface area contributed by atoms with Crippen molar-refractivity contribution in [2.45, 2.75) is 33.0 Å². The zero-order valence-electron chi connectivity index (χ0n) is 22.3. The molecule has 0 aliphatic rings. The summed E-state index contributed by atoms with van der Waals surface area (Å²) in [4.78, 5) is 26.7. The highest BCUT2D eigenvalue weighted by Crippen LogP contribution is 2.36. The van der Waals surface area contributed by atoms with Crippen LogP contribution in [0.3, 0.4) is 0 Å². The van der Waals surface area contributed by atoms with Crippen LogP contribution < -0.4 is 10.5 Å². The maximum atomic E-state index is 13.6. The van der Waals surface area contributed by atoms with E-state index in [-0.39, 0.29) is 0 Å². The van der Waals surface area contributed by atoms with Crippen LogP contribution in [0.15, 0.2) is 79.4 Å². The Labute approximate surface area is 229 Å². The fourth-order valence-electron chi connectivity index (χ4n) is 4.54. The van der Waals surface area contributed by atoms with Crippen LogP contribution >= 0.6 is 0 Å². The first-order valence-corrected chi connectivity index (χ1v) is 12.7. The van der Waals surface area contributed by atoms with E-state index < -0.39 is 11.7 Å². The Morgan fingerprint density at radius 3 is 2.62 bits per heavy atom. The minimum Gasteiger partial charge on any atom is -0.473 e. The van der Waals surface area contributed by atoms with E-state index in [9.17, 15) is 4.79 Å². The molecule has 0 aliphatic carbocycles. The van der Waals surface area contributed by atoms with Crippen LogP contribution in [0.1, 0.15) is 26.3 Å². The molecule has 0 amide bonds. The van der Waals surface area contributed by atoms with Crippen molar-refractivity contribution in [1.82, 2.24) is 29.7 Å². The number of pyridine rings is 3. The van der Waals surface area contributed by atoms with Gasteiger partial charge in [-0.25, -0.2) is 19.3 Å². The molecular formula is C30H27N7O3. The van der Waals surface area contributed by atoms with E-state index in [0.717, 1.165) is 38.5 Å². The maximum absolute atomic E-state index is 13.6. The average Bonchev–Trinajstić information content (AvgIpc) is 3.52. The smallest absolute Gasteiger partial charge is 0.420 e. The molecular weight excluding hydrogens is 506 g/mol. The molecule has 0 saturated carbocycles. The number of nitrogens with one attached hydrogen (secondary N) is 1. The second-order valence-electron chi connectivity index (χ2n) is 10.3. The summed E-state index contributed by atoms with van der Waals surface area (Å²) in [6, 6.07) is 17.1. The highest BCUT2D eigenvalue weighted by Gasteiger charge is 2.25. The predicted molar refractivity (Wildman–Crippen MR) is 153 cm³/mol. The van der Waals surface area contributed by atoms with Crippen LogP contribution in [-0.2, 0) is 11.3 Å². The quantitative estimate of drug-likeness (QED) is 0.276. The van der Waals surface area contributed by atoms with E-state index in [2.05, 4.69) is 25.1 Å². The number of carbonyl (C=O) groups excluding carboxylic acids is 1. The van der Waals surface area contributed by atoms with Crippen LogP contribution in [-0.4, -0.2) is 41.4 Å². The maximum Gasteiger partial charge on any atom is 0.420 e. The molecule has 0 fully saturated rings. The van der Waals surface area contributed by atoms with Crippen molar-refractivity contribution in [1.29, 1.82) is 0 Å². The monoisotopic (exact) mass is 533 g/mol. The second kappa shape index (κ2) is 9.81. The summed E-state index contributed by atoms with van der Waals surface area (Å²) in [6.07, 6.45) is 6.25. The lowest BCUT2D eigenvalue weighted by Gasteiger charge is -2.20. The summed E-state index contributed by atoms with van der Waals surface area (Å²) in [5, 5.41) is 8.63. The average molecular weight is 534 g/mol. The number of benzene rings is 1. The van der Waals surface area contributed by atoms with Gasteiger partial charge in [-0.2, -0.15) is 5.10 Å². The minimum absolute atomic E-state index is 0.310. The fourth-order valence-corrected chi connectivity index (χ4v) is 4.54. The Balaban J connectivity index is 1.48. The number of carbonyl (C=O) groups is 1. The lowest BCUT2D eigenvalue weighted by atomic mass is 10.0. The molecule has 6 rings (SSSR count). The summed E-state index contributed by atoms with van der Waals surface area (Å²) in [7, 11) is 0. The number of nitrogens with zero attached hydrogens (tertiary/aromatic N) is 5. The zero-order valence-corrected chi connectivity index (χ0v) is 22.3. The van der Waals surface area contributed by atoms with E-state index in [1.165, 1.54) is 4.57 Å². The number of fused-ring (bicyclic) bond motifs is 2. The van der Waals surface area contributed by atoms with Crippen molar-refractivity contribution >= 4 is 33.8 Å². The van der Waals surface area contributed by atoms with Gasteiger partial charge >= 0.3 is 6.09 Å². The molecule has 0 atom stereocenters. The van der Waals surface area contributed by atoms with Crippen LogP contribution in [0, 0.1) is 0 Å². The molecule has 0 saturated heterocycles. The number of anilines is 1. The Morgan fingerprint density at radius 2 is 1.82 bits per heavy atom. The molecule has 0 bridgehead atoms. The van der Waals surface area contributed by atoms with Gasteiger partial charge in [0.2, 0.25) is 5.88 Å². The van der Waals surface area contributed by atoms with Crippen molar-refractivity contribution in [3.8, 4) is 28.3 Å². The SMILES string of the molecule is CC(C)(C)OC(=O)n1c(-c2ccnc(OCc3cccnc3)c2)cc2c(-c3ccc4[nH]nc(N)c4c3)ccnc21. The van der Waals surface area contributed by atoms with Crippen LogP contribution in [0.25, 0.3) is 44.3 Å². The molecule has 10 nitrogen and oxygen atoms in total. The summed E-state index contributed by atoms with van der Waals surface area (Å²) in [6.45, 7) is 5.80. The standard InChI is InChI=1S/C30H27N7O3/c1-30(2,3)40-29(38)37-25(20-8-11-33-26(14-20)39-17-18-5-4-10-32-16-18)15-22-21(9-12-34-28(22)37)19-6-7-24-23(13-19)27(31)36-35-24/h4-16H,17H2,1-3H3,(H3,31,35,36). The van der Waals surface area contributed by atoms with Gasteiger partial charge in [0.05, 0.1) is 11.2 Å². The largest absolute Gasteiger partial charge is 0.473 e. The number of aromatic nitrogens is 6. The van der Waals surface area contributed by atoms with Gasteiger partial charge in [0, 0.05) is 52.8 Å². The fraction of sp³-hybridized carbons (Fsp3) is 0.167. The topological polar surface area (TPSA) is 134 Å². The summed E-state index contributed by atoms with van der Waals surface area (Å²) in [5.74, 6) is 0.834. The molecule has 5 aromatic heterocycles. The molecule has 200 valence electrons. The van der Waals surface area contributed by atoms with Gasteiger partial charge in [-0.3, -0.25) is 10.1 Å². The van der Waals surface area contributed by atoms with Crippen molar-refractivity contribution in [2.24, 2.45) is 0 Å². The Bertz CT molecular complexity index is 1850. The predicted octanol–water partition coefficient (Wildman–Crippen LogP) is 5.98. The summed E-state index contributed by atoms with van der Waals surface area (Å²) >= 11 is 0. The lowest BCUT2D eigenvalue weighted by molar-refractivity contribution is 0.0546. The molecule has 5 heterocycles. The Morgan fingerprint density at radius 1 is 0.975 bits per heavy atom. The minimum atomic E-state index is -0.706. The third-order valence-electron chi connectivity index (χ3n) is 6.32. The Kier molecular flexibility index (Phi) is 6.14. The molecule has 0 aliphatic heterocycles. The van der Waals surface area contributed by atoms with Gasteiger partial charge in [-0.1, -0.05) is 12.1 Å². The van der Waals surface area contributed by atoms with Crippen molar-refractivity contribution in [2.75, 3.05) is 5.73 Å². The molecule has 0 unspecified atom stereocenters. The van der Waals surface area contributed by atoms with Gasteiger partial charge in [0.15, 0.2) is 11.5 Å². The highest BCUT2D eigenvalue weighted by molar-refractivity contribution is 6.03. The first-order chi connectivity index (χ1) is 19.3. The lowest BCUT2D eigenvalue weighted by Crippen LogP contribution is -2.27. The van der Waals surface area contributed by atoms with E-state index in [0.29, 0.717) is 29.6 Å². The van der Waals surface area contributed by atoms with Crippen LogP contribution in [0.4, 0.5) is 10.6 Å². The number of nitrogen functional groups attached to an aromatic ring is 1. The normalized spacial score (nSPS) is 11.7. The first-order valence-electron chi connectivity index (χ1n) is 12.7.